The molecule has 0 spiro atoms. The van der Waals surface area contributed by atoms with Crippen LogP contribution in [0.25, 0.3) is 11.1 Å². The number of nitrogens with zero attached hydrogens (tertiary/aromatic N) is 2. The van der Waals surface area contributed by atoms with Gasteiger partial charge in [0.25, 0.3) is 5.91 Å². The second-order valence-electron chi connectivity index (χ2n) is 11.2. The summed E-state index contributed by atoms with van der Waals surface area (Å²) in [5.41, 5.74) is 6.09. The Morgan fingerprint density at radius 2 is 1.76 bits per heavy atom. The first kappa shape index (κ1) is 31.3. The maximum Gasteiger partial charge on any atom is 0.288 e. The van der Waals surface area contributed by atoms with Gasteiger partial charge in [-0.2, -0.15) is 4.31 Å². The molecule has 0 unspecified atom stereocenters. The van der Waals surface area contributed by atoms with Gasteiger partial charge in [-0.15, -0.1) is 0 Å². The molecule has 2 aliphatic heterocycles. The molecule has 1 aliphatic carbocycles. The van der Waals surface area contributed by atoms with E-state index >= 15 is 0 Å². The van der Waals surface area contributed by atoms with Gasteiger partial charge in [0.1, 0.15) is 5.75 Å². The minimum Gasteiger partial charge on any atom is -0.497 e. The molecule has 10 nitrogen and oxygen atoms in total. The Kier molecular flexibility index (Phi) is 9.53. The lowest BCUT2D eigenvalue weighted by atomic mass is 9.90. The number of carbonyl (C=O) groups is 1. The normalized spacial score (nSPS) is 19.4. The minimum absolute atomic E-state index is 0.00525. The first-order valence-electron chi connectivity index (χ1n) is 15.2. The van der Waals surface area contributed by atoms with Gasteiger partial charge in [0.2, 0.25) is 16.3 Å². The third-order valence-electron chi connectivity index (χ3n) is 8.50. The Morgan fingerprint density at radius 3 is 2.51 bits per heavy atom. The van der Waals surface area contributed by atoms with Crippen LogP contribution in [0, 0.1) is 0 Å². The number of morpholine rings is 1. The molecule has 3 aromatic rings. The summed E-state index contributed by atoms with van der Waals surface area (Å²) >= 11 is 0. The third kappa shape index (κ3) is 6.78. The van der Waals surface area contributed by atoms with Crippen LogP contribution in [0.5, 0.6) is 5.75 Å². The summed E-state index contributed by atoms with van der Waals surface area (Å²) < 4.78 is 50.7. The monoisotopic (exact) mass is 634 g/mol. The molecular formula is C34H38N2O8S. The van der Waals surface area contributed by atoms with E-state index in [1.54, 1.807) is 17.0 Å². The molecule has 2 atom stereocenters. The number of hydrogen-bond donors (Lipinski definition) is 1. The quantitative estimate of drug-likeness (QED) is 0.267. The van der Waals surface area contributed by atoms with Crippen LogP contribution in [0.2, 0.25) is 0 Å². The summed E-state index contributed by atoms with van der Waals surface area (Å²) in [6.45, 7) is 1.45. The van der Waals surface area contributed by atoms with Crippen LogP contribution < -0.4 is 4.74 Å². The van der Waals surface area contributed by atoms with Gasteiger partial charge in [0, 0.05) is 38.5 Å². The van der Waals surface area contributed by atoms with Crippen molar-refractivity contribution in [2.75, 3.05) is 59.7 Å². The fourth-order valence-corrected chi connectivity index (χ4v) is 7.52. The number of amides is 1. The third-order valence-corrected chi connectivity index (χ3v) is 10.4. The van der Waals surface area contributed by atoms with Crippen LogP contribution in [0.15, 0.2) is 83.5 Å². The van der Waals surface area contributed by atoms with Crippen molar-refractivity contribution >= 4 is 15.9 Å². The molecule has 0 aromatic heterocycles. The van der Waals surface area contributed by atoms with Crippen molar-refractivity contribution in [2.24, 2.45) is 0 Å². The van der Waals surface area contributed by atoms with E-state index in [0.717, 1.165) is 12.0 Å². The molecule has 3 aliphatic rings. The van der Waals surface area contributed by atoms with E-state index in [1.807, 2.05) is 6.08 Å². The molecule has 2 heterocycles. The van der Waals surface area contributed by atoms with Crippen molar-refractivity contribution in [1.82, 2.24) is 9.21 Å². The van der Waals surface area contributed by atoms with Crippen molar-refractivity contribution in [1.29, 1.82) is 0 Å². The van der Waals surface area contributed by atoms with Crippen LogP contribution in [-0.2, 0) is 35.4 Å². The number of carbonyl (C=O) groups excluding carboxylic acids is 1. The molecule has 11 heteroatoms. The summed E-state index contributed by atoms with van der Waals surface area (Å²) in [5, 5.41) is 9.63. The summed E-state index contributed by atoms with van der Waals surface area (Å²) in [6, 6.07) is 21.0. The van der Waals surface area contributed by atoms with Crippen LogP contribution in [0.4, 0.5) is 0 Å². The van der Waals surface area contributed by atoms with Crippen molar-refractivity contribution in [3.05, 3.63) is 95.3 Å². The average Bonchev–Trinajstić information content (AvgIpc) is 3.46. The minimum atomic E-state index is -3.90. The summed E-state index contributed by atoms with van der Waals surface area (Å²) in [5.74, 6) is 0.405. The highest BCUT2D eigenvalue weighted by atomic mass is 32.2. The fourth-order valence-electron chi connectivity index (χ4n) is 6.11. The lowest BCUT2D eigenvalue weighted by Crippen LogP contribution is -2.43. The van der Waals surface area contributed by atoms with Crippen molar-refractivity contribution in [3.63, 3.8) is 0 Å². The first-order valence-corrected chi connectivity index (χ1v) is 16.6. The van der Waals surface area contributed by atoms with Crippen molar-refractivity contribution < 1.29 is 37.3 Å². The number of fused-ring (bicyclic) bond motifs is 3. The van der Waals surface area contributed by atoms with Gasteiger partial charge in [-0.25, -0.2) is 8.42 Å². The number of rotatable bonds is 11. The number of methoxy groups -OCH3 is 1. The zero-order valence-electron chi connectivity index (χ0n) is 25.3. The van der Waals surface area contributed by atoms with Gasteiger partial charge in [-0.05, 0) is 64.6 Å². The molecule has 1 amide bonds. The molecule has 3 aromatic carbocycles. The molecule has 1 saturated heterocycles. The van der Waals surface area contributed by atoms with Crippen LogP contribution in [0.1, 0.15) is 29.0 Å². The Balaban J connectivity index is 1.19. The maximum absolute atomic E-state index is 13.5. The molecule has 1 fully saturated rings. The molecular weight excluding hydrogens is 596 g/mol. The highest BCUT2D eigenvalue weighted by Crippen LogP contribution is 2.40. The second-order valence-corrected chi connectivity index (χ2v) is 13.2. The van der Waals surface area contributed by atoms with Gasteiger partial charge < -0.3 is 29.0 Å². The molecule has 45 heavy (non-hydrogen) atoms. The van der Waals surface area contributed by atoms with E-state index < -0.39 is 16.3 Å². The number of ether oxygens (including phenoxy) is 4. The molecule has 0 bridgehead atoms. The number of aliphatic hydroxyl groups is 1. The summed E-state index contributed by atoms with van der Waals surface area (Å²) in [6.07, 6.45) is 2.42. The van der Waals surface area contributed by atoms with Crippen LogP contribution in [0.3, 0.4) is 0 Å². The van der Waals surface area contributed by atoms with E-state index in [2.05, 4.69) is 42.5 Å². The Hall–Kier alpha value is -3.74. The average molecular weight is 635 g/mol. The number of benzene rings is 3. The first-order chi connectivity index (χ1) is 21.9. The molecule has 238 valence electrons. The number of hydrogen-bond acceptors (Lipinski definition) is 8. The highest BCUT2D eigenvalue weighted by Gasteiger charge is 2.33. The van der Waals surface area contributed by atoms with Crippen LogP contribution >= 0.6 is 0 Å². The standard InChI is InChI=1S/C34H38N2O8S/c1-41-28-7-9-29(10-8-28)45(39,40)36(12-16-37)15-19-43-33-23-26(22-32(44-33)34(38)35-13-17-42-18-14-35)24-6-11-31-27(20-24)21-25-4-2-3-5-30(25)31/h2-11,20,22,26,33,37H,12-19,21,23H2,1H3/t26-,33+/m0/s1. The Morgan fingerprint density at radius 1 is 1.00 bits per heavy atom. The van der Waals surface area contributed by atoms with E-state index in [0.29, 0.717) is 38.5 Å². The molecule has 0 saturated carbocycles. The predicted octanol–water partition coefficient (Wildman–Crippen LogP) is 3.54. The number of sulfonamides is 1. The fraction of sp³-hybridized carbons (Fsp3) is 0.382. The van der Waals surface area contributed by atoms with Gasteiger partial charge in [0.15, 0.2) is 5.76 Å². The van der Waals surface area contributed by atoms with E-state index in [1.165, 1.54) is 45.8 Å². The zero-order valence-corrected chi connectivity index (χ0v) is 26.1. The molecule has 1 N–H and O–H groups in total. The van der Waals surface area contributed by atoms with E-state index in [9.17, 15) is 18.3 Å². The largest absolute Gasteiger partial charge is 0.497 e. The van der Waals surface area contributed by atoms with Crippen LogP contribution in [-0.4, -0.2) is 94.6 Å². The van der Waals surface area contributed by atoms with E-state index in [-0.39, 0.29) is 48.8 Å². The molecule has 0 radical (unpaired) electrons. The van der Waals surface area contributed by atoms with Gasteiger partial charge in [0.05, 0.1) is 38.4 Å². The SMILES string of the molecule is COc1ccc(S(=O)(=O)N(CCO)CCO[C@H]2C[C@@H](c3ccc4c(c3)Cc3ccccc3-4)C=C(C(=O)N3CCOCC3)O2)cc1. The highest BCUT2D eigenvalue weighted by molar-refractivity contribution is 7.89. The van der Waals surface area contributed by atoms with Crippen molar-refractivity contribution in [3.8, 4) is 16.9 Å². The Labute approximate surface area is 263 Å². The van der Waals surface area contributed by atoms with Gasteiger partial charge in [-0.3, -0.25) is 4.79 Å². The summed E-state index contributed by atoms with van der Waals surface area (Å²) in [4.78, 5) is 15.3. The number of allylic oxidation sites excluding steroid dienone is 1. The zero-order chi connectivity index (χ0) is 31.4. The lowest BCUT2D eigenvalue weighted by molar-refractivity contribution is -0.155. The molecule has 6 rings (SSSR count). The summed E-state index contributed by atoms with van der Waals surface area (Å²) in [7, 11) is -2.39. The Bertz CT molecular complexity index is 1650. The van der Waals surface area contributed by atoms with Gasteiger partial charge >= 0.3 is 0 Å². The lowest BCUT2D eigenvalue weighted by Gasteiger charge is -2.33. The van der Waals surface area contributed by atoms with Gasteiger partial charge in [-0.1, -0.05) is 42.5 Å². The van der Waals surface area contributed by atoms with E-state index in [4.69, 9.17) is 18.9 Å². The number of aliphatic hydroxyl groups excluding tert-OH is 1. The maximum atomic E-state index is 13.5. The van der Waals surface area contributed by atoms with Crippen molar-refractivity contribution in [2.45, 2.75) is 29.9 Å². The smallest absolute Gasteiger partial charge is 0.288 e. The predicted molar refractivity (Wildman–Crippen MR) is 167 cm³/mol. The second kappa shape index (κ2) is 13.7. The topological polar surface area (TPSA) is 115 Å².